The van der Waals surface area contributed by atoms with Crippen LogP contribution in [0.1, 0.15) is 12.5 Å². The molecule has 0 aromatic heterocycles. The molecule has 1 aromatic rings. The molecule has 0 bridgehead atoms. The van der Waals surface area contributed by atoms with Gasteiger partial charge >= 0.3 is 0 Å². The second-order valence-corrected chi connectivity index (χ2v) is 4.30. The van der Waals surface area contributed by atoms with Crippen LogP contribution in [0.4, 0.5) is 5.69 Å². The Morgan fingerprint density at radius 1 is 1.53 bits per heavy atom. The van der Waals surface area contributed by atoms with Crippen molar-refractivity contribution in [2.75, 3.05) is 18.0 Å². The molecule has 0 fully saturated rings. The fraction of sp³-hybridized carbons (Fsp3) is 0.364. The molecule has 0 unspecified atom stereocenters. The molecule has 3 nitrogen and oxygen atoms in total. The van der Waals surface area contributed by atoms with E-state index in [1.54, 1.807) is 0 Å². The number of anilines is 1. The van der Waals surface area contributed by atoms with Crippen molar-refractivity contribution in [2.24, 2.45) is 0 Å². The van der Waals surface area contributed by atoms with E-state index in [0.717, 1.165) is 16.1 Å². The van der Waals surface area contributed by atoms with Gasteiger partial charge in [0.25, 0.3) is 0 Å². The predicted molar refractivity (Wildman–Crippen MR) is 65.0 cm³/mol. The van der Waals surface area contributed by atoms with Gasteiger partial charge < -0.3 is 11.1 Å². The maximum atomic E-state index is 11.2. The highest BCUT2D eigenvalue weighted by atomic mass is 32.2. The minimum atomic E-state index is 0.0440. The maximum absolute atomic E-state index is 11.2. The molecule has 82 valence electrons. The van der Waals surface area contributed by atoms with Crippen molar-refractivity contribution in [2.45, 2.75) is 18.7 Å². The van der Waals surface area contributed by atoms with E-state index in [-0.39, 0.29) is 5.91 Å². The largest absolute Gasteiger partial charge is 0.398 e. The lowest BCUT2D eigenvalue weighted by molar-refractivity contribution is -0.118. The van der Waals surface area contributed by atoms with Crippen LogP contribution in [-0.2, 0) is 4.79 Å². The quantitative estimate of drug-likeness (QED) is 0.606. The molecule has 1 rings (SSSR count). The number of hydrogen-bond donors (Lipinski definition) is 2. The molecule has 4 heteroatoms. The van der Waals surface area contributed by atoms with Crippen LogP contribution in [0.25, 0.3) is 0 Å². The van der Waals surface area contributed by atoms with Crippen molar-refractivity contribution in [1.29, 1.82) is 0 Å². The van der Waals surface area contributed by atoms with Gasteiger partial charge in [0.15, 0.2) is 0 Å². The first-order valence-corrected chi connectivity index (χ1v) is 5.87. The van der Waals surface area contributed by atoms with Crippen LogP contribution < -0.4 is 11.1 Å². The highest BCUT2D eigenvalue weighted by Gasteiger charge is 2.04. The Morgan fingerprint density at radius 2 is 2.27 bits per heavy atom. The summed E-state index contributed by atoms with van der Waals surface area (Å²) in [4.78, 5) is 12.2. The van der Waals surface area contributed by atoms with Crippen molar-refractivity contribution >= 4 is 23.4 Å². The fourth-order valence-electron chi connectivity index (χ4n) is 1.19. The van der Waals surface area contributed by atoms with Gasteiger partial charge in [-0.2, -0.15) is 0 Å². The third kappa shape index (κ3) is 3.83. The average Bonchev–Trinajstić information content (AvgIpc) is 2.17. The summed E-state index contributed by atoms with van der Waals surface area (Å²) in [6.07, 6.45) is 0. The lowest BCUT2D eigenvalue weighted by Crippen LogP contribution is -2.24. The van der Waals surface area contributed by atoms with E-state index in [9.17, 15) is 4.79 Å². The topological polar surface area (TPSA) is 55.1 Å². The molecule has 0 aliphatic carbocycles. The highest BCUT2D eigenvalue weighted by molar-refractivity contribution is 8.00. The summed E-state index contributed by atoms with van der Waals surface area (Å²) >= 11 is 1.47. The average molecular weight is 224 g/mol. The normalized spacial score (nSPS) is 10.0. The molecule has 1 aromatic carbocycles. The molecule has 3 N–H and O–H groups in total. The standard InChI is InChI=1S/C11H16N2OS/c1-3-13-11(14)7-15-10-5-4-8(2)6-9(10)12/h4-6H,3,7,12H2,1-2H3,(H,13,14). The van der Waals surface area contributed by atoms with Crippen molar-refractivity contribution in [3.05, 3.63) is 23.8 Å². The second kappa shape index (κ2) is 5.66. The number of nitrogens with two attached hydrogens (primary N) is 1. The van der Waals surface area contributed by atoms with Crippen molar-refractivity contribution in [3.63, 3.8) is 0 Å². The molecular formula is C11H16N2OS. The molecule has 0 aliphatic heterocycles. The Labute approximate surface area is 94.4 Å². The highest BCUT2D eigenvalue weighted by Crippen LogP contribution is 2.25. The van der Waals surface area contributed by atoms with Crippen molar-refractivity contribution in [3.8, 4) is 0 Å². The summed E-state index contributed by atoms with van der Waals surface area (Å²) in [5, 5.41) is 2.75. The van der Waals surface area contributed by atoms with Gasteiger partial charge in [0.05, 0.1) is 5.75 Å². The molecule has 0 saturated heterocycles. The van der Waals surface area contributed by atoms with Gasteiger partial charge in [0.1, 0.15) is 0 Å². The van der Waals surface area contributed by atoms with Gasteiger partial charge in [0.2, 0.25) is 5.91 Å². The first kappa shape index (κ1) is 11.9. The Hall–Kier alpha value is -1.16. The molecular weight excluding hydrogens is 208 g/mol. The zero-order valence-electron chi connectivity index (χ0n) is 9.04. The number of carbonyl (C=O) groups is 1. The third-order valence-electron chi connectivity index (χ3n) is 1.90. The lowest BCUT2D eigenvalue weighted by atomic mass is 10.2. The van der Waals surface area contributed by atoms with Crippen LogP contribution >= 0.6 is 11.8 Å². The van der Waals surface area contributed by atoms with Crippen LogP contribution in [0.15, 0.2) is 23.1 Å². The van der Waals surface area contributed by atoms with Gasteiger partial charge in [0, 0.05) is 17.1 Å². The zero-order valence-corrected chi connectivity index (χ0v) is 9.86. The SMILES string of the molecule is CCNC(=O)CSc1ccc(C)cc1N. The number of aryl methyl sites for hydroxylation is 1. The number of benzene rings is 1. The second-order valence-electron chi connectivity index (χ2n) is 3.28. The molecule has 0 spiro atoms. The van der Waals surface area contributed by atoms with Crippen LogP contribution in [0, 0.1) is 6.92 Å². The number of thioether (sulfide) groups is 1. The van der Waals surface area contributed by atoms with Crippen molar-refractivity contribution in [1.82, 2.24) is 5.32 Å². The van der Waals surface area contributed by atoms with Gasteiger partial charge in [-0.05, 0) is 31.5 Å². The summed E-state index contributed by atoms with van der Waals surface area (Å²) in [7, 11) is 0. The molecule has 0 radical (unpaired) electrons. The summed E-state index contributed by atoms with van der Waals surface area (Å²) in [6, 6.07) is 5.87. The van der Waals surface area contributed by atoms with E-state index in [1.165, 1.54) is 11.8 Å². The van der Waals surface area contributed by atoms with Crippen LogP contribution in [-0.4, -0.2) is 18.2 Å². The molecule has 15 heavy (non-hydrogen) atoms. The lowest BCUT2D eigenvalue weighted by Gasteiger charge is -2.06. The Morgan fingerprint density at radius 3 is 2.87 bits per heavy atom. The predicted octanol–water partition coefficient (Wildman–Crippen LogP) is 1.81. The van der Waals surface area contributed by atoms with Gasteiger partial charge in [-0.15, -0.1) is 11.8 Å². The van der Waals surface area contributed by atoms with E-state index in [4.69, 9.17) is 5.73 Å². The van der Waals surface area contributed by atoms with Crippen LogP contribution in [0.3, 0.4) is 0 Å². The summed E-state index contributed by atoms with van der Waals surface area (Å²) in [5.74, 6) is 0.462. The number of nitrogen functional groups attached to an aromatic ring is 1. The molecule has 1 amide bonds. The van der Waals surface area contributed by atoms with E-state index < -0.39 is 0 Å². The fourth-order valence-corrected chi connectivity index (χ4v) is 1.97. The molecule has 0 saturated carbocycles. The number of carbonyl (C=O) groups excluding carboxylic acids is 1. The van der Waals surface area contributed by atoms with Gasteiger partial charge in [-0.3, -0.25) is 4.79 Å². The summed E-state index contributed by atoms with van der Waals surface area (Å²) < 4.78 is 0. The monoisotopic (exact) mass is 224 g/mol. The van der Waals surface area contributed by atoms with E-state index in [0.29, 0.717) is 12.3 Å². The van der Waals surface area contributed by atoms with Crippen LogP contribution in [0.2, 0.25) is 0 Å². The minimum absolute atomic E-state index is 0.0440. The third-order valence-corrected chi connectivity index (χ3v) is 2.99. The maximum Gasteiger partial charge on any atom is 0.230 e. The first-order chi connectivity index (χ1) is 7.13. The van der Waals surface area contributed by atoms with Gasteiger partial charge in [-0.25, -0.2) is 0 Å². The van der Waals surface area contributed by atoms with Gasteiger partial charge in [-0.1, -0.05) is 6.07 Å². The van der Waals surface area contributed by atoms with Crippen LogP contribution in [0.5, 0.6) is 0 Å². The smallest absolute Gasteiger partial charge is 0.230 e. The molecule has 0 aliphatic rings. The van der Waals surface area contributed by atoms with E-state index in [1.807, 2.05) is 32.0 Å². The molecule has 0 atom stereocenters. The Kier molecular flexibility index (Phi) is 4.49. The Balaban J connectivity index is 2.54. The van der Waals surface area contributed by atoms with E-state index in [2.05, 4.69) is 5.32 Å². The Bertz CT molecular complexity index is 352. The number of rotatable bonds is 4. The number of hydrogen-bond acceptors (Lipinski definition) is 3. The number of nitrogens with one attached hydrogen (secondary N) is 1. The number of amides is 1. The van der Waals surface area contributed by atoms with Crippen molar-refractivity contribution < 1.29 is 4.79 Å². The summed E-state index contributed by atoms with van der Waals surface area (Å²) in [6.45, 7) is 4.57. The minimum Gasteiger partial charge on any atom is -0.398 e. The first-order valence-electron chi connectivity index (χ1n) is 4.89. The zero-order chi connectivity index (χ0) is 11.3. The summed E-state index contributed by atoms with van der Waals surface area (Å²) in [5.41, 5.74) is 7.70. The molecule has 0 heterocycles. The van der Waals surface area contributed by atoms with E-state index >= 15 is 0 Å².